The summed E-state index contributed by atoms with van der Waals surface area (Å²) in [7, 11) is 0. The number of rotatable bonds is 7. The van der Waals surface area contributed by atoms with Gasteiger partial charge in [-0.2, -0.15) is 5.10 Å². The topological polar surface area (TPSA) is 86.9 Å². The third-order valence-corrected chi connectivity index (χ3v) is 4.58. The lowest BCUT2D eigenvalue weighted by Gasteiger charge is -2.09. The highest BCUT2D eigenvalue weighted by atomic mass is 19.1. The van der Waals surface area contributed by atoms with Gasteiger partial charge in [0.2, 0.25) is 5.95 Å². The summed E-state index contributed by atoms with van der Waals surface area (Å²) < 4.78 is 21.9. The van der Waals surface area contributed by atoms with Crippen molar-refractivity contribution in [3.63, 3.8) is 0 Å². The zero-order valence-electron chi connectivity index (χ0n) is 17.1. The molecule has 4 aromatic rings. The summed E-state index contributed by atoms with van der Waals surface area (Å²) in [6, 6.07) is 13.6. The molecule has 0 aliphatic rings. The predicted octanol–water partition coefficient (Wildman–Crippen LogP) is 3.57. The fourth-order valence-corrected chi connectivity index (χ4v) is 3.02. The van der Waals surface area contributed by atoms with Crippen LogP contribution in [0.5, 0.6) is 5.75 Å². The van der Waals surface area contributed by atoms with Crippen molar-refractivity contribution in [3.05, 3.63) is 89.3 Å². The number of hydrogen-bond acceptors (Lipinski definition) is 5. The minimum absolute atomic E-state index is 0.160. The van der Waals surface area contributed by atoms with Crippen molar-refractivity contribution >= 4 is 11.9 Å². The van der Waals surface area contributed by atoms with E-state index in [-0.39, 0.29) is 24.2 Å². The van der Waals surface area contributed by atoms with Gasteiger partial charge in [-0.05, 0) is 49.2 Å². The maximum absolute atomic E-state index is 13.0. The van der Waals surface area contributed by atoms with Gasteiger partial charge in [-0.15, -0.1) is 5.10 Å². The average molecular weight is 420 g/mol. The third-order valence-electron chi connectivity index (χ3n) is 4.58. The molecule has 2 heterocycles. The van der Waals surface area contributed by atoms with Gasteiger partial charge in [-0.25, -0.2) is 18.7 Å². The van der Waals surface area contributed by atoms with E-state index in [0.717, 1.165) is 22.4 Å². The number of amides is 1. The molecule has 158 valence electrons. The van der Waals surface area contributed by atoms with E-state index >= 15 is 0 Å². The second-order valence-corrected chi connectivity index (χ2v) is 7.13. The number of aromatic nitrogens is 5. The SMILES string of the molecule is Cc1ccc(OCn2ccc(C(=O)Nc3ncn(Cc4ccc(F)cc4)n3)n2)c(C)c1. The van der Waals surface area contributed by atoms with Crippen LogP contribution >= 0.6 is 0 Å². The maximum atomic E-state index is 13.0. The van der Waals surface area contributed by atoms with Gasteiger partial charge < -0.3 is 4.74 Å². The molecule has 0 saturated heterocycles. The van der Waals surface area contributed by atoms with Crippen molar-refractivity contribution in [1.29, 1.82) is 0 Å². The molecule has 1 N–H and O–H groups in total. The molecule has 9 heteroatoms. The number of halogens is 1. The van der Waals surface area contributed by atoms with E-state index in [1.54, 1.807) is 29.1 Å². The summed E-state index contributed by atoms with van der Waals surface area (Å²) in [5.74, 6) is 0.204. The van der Waals surface area contributed by atoms with Crippen LogP contribution in [0.4, 0.5) is 10.3 Å². The molecule has 0 spiro atoms. The van der Waals surface area contributed by atoms with Crippen LogP contribution in [-0.2, 0) is 13.3 Å². The van der Waals surface area contributed by atoms with Crippen LogP contribution in [0, 0.1) is 19.7 Å². The summed E-state index contributed by atoms with van der Waals surface area (Å²) in [5, 5.41) is 11.1. The normalized spacial score (nSPS) is 10.8. The predicted molar refractivity (Wildman–Crippen MR) is 112 cm³/mol. The van der Waals surface area contributed by atoms with Crippen LogP contribution in [-0.4, -0.2) is 30.5 Å². The Labute approximate surface area is 178 Å². The molecule has 31 heavy (non-hydrogen) atoms. The number of aryl methyl sites for hydroxylation is 2. The van der Waals surface area contributed by atoms with Gasteiger partial charge in [-0.3, -0.25) is 10.1 Å². The molecule has 0 bridgehead atoms. The van der Waals surface area contributed by atoms with Crippen LogP contribution in [0.25, 0.3) is 0 Å². The first kappa shape index (κ1) is 20.3. The van der Waals surface area contributed by atoms with Crippen LogP contribution < -0.4 is 10.1 Å². The van der Waals surface area contributed by atoms with Crippen LogP contribution in [0.3, 0.4) is 0 Å². The highest BCUT2D eigenvalue weighted by molar-refractivity contribution is 6.01. The number of carbonyl (C=O) groups is 1. The summed E-state index contributed by atoms with van der Waals surface area (Å²) in [5.41, 5.74) is 3.29. The van der Waals surface area contributed by atoms with E-state index in [0.29, 0.717) is 6.54 Å². The number of carbonyl (C=O) groups excluding carboxylic acids is 1. The third kappa shape index (κ3) is 5.13. The first-order valence-corrected chi connectivity index (χ1v) is 9.65. The summed E-state index contributed by atoms with van der Waals surface area (Å²) >= 11 is 0. The van der Waals surface area contributed by atoms with Gasteiger partial charge in [0, 0.05) is 6.20 Å². The largest absolute Gasteiger partial charge is 0.471 e. The van der Waals surface area contributed by atoms with E-state index in [9.17, 15) is 9.18 Å². The Morgan fingerprint density at radius 1 is 1.06 bits per heavy atom. The van der Waals surface area contributed by atoms with Gasteiger partial charge in [0.15, 0.2) is 12.4 Å². The average Bonchev–Trinajstić information content (AvgIpc) is 3.39. The summed E-state index contributed by atoms with van der Waals surface area (Å²) in [6.45, 7) is 4.59. The Hall–Kier alpha value is -4.01. The fourth-order valence-electron chi connectivity index (χ4n) is 3.02. The van der Waals surface area contributed by atoms with Crippen molar-refractivity contribution in [3.8, 4) is 5.75 Å². The lowest BCUT2D eigenvalue weighted by molar-refractivity contribution is 0.101. The zero-order valence-corrected chi connectivity index (χ0v) is 17.1. The molecule has 0 aliphatic carbocycles. The Balaban J connectivity index is 1.33. The maximum Gasteiger partial charge on any atom is 0.278 e. The second kappa shape index (κ2) is 8.78. The Kier molecular flexibility index (Phi) is 5.74. The summed E-state index contributed by atoms with van der Waals surface area (Å²) in [6.07, 6.45) is 3.16. The minimum atomic E-state index is -0.426. The molecule has 0 saturated carbocycles. The monoisotopic (exact) mass is 420 g/mol. The molecule has 1 amide bonds. The first-order valence-electron chi connectivity index (χ1n) is 9.65. The number of hydrogen-bond donors (Lipinski definition) is 1. The second-order valence-electron chi connectivity index (χ2n) is 7.13. The molecule has 0 fully saturated rings. The smallest absolute Gasteiger partial charge is 0.278 e. The summed E-state index contributed by atoms with van der Waals surface area (Å²) in [4.78, 5) is 16.5. The highest BCUT2D eigenvalue weighted by Gasteiger charge is 2.13. The number of anilines is 1. The van der Waals surface area contributed by atoms with Gasteiger partial charge in [0.1, 0.15) is 17.9 Å². The fraction of sp³-hybridized carbons (Fsp3) is 0.182. The van der Waals surface area contributed by atoms with Crippen molar-refractivity contribution in [2.45, 2.75) is 27.1 Å². The van der Waals surface area contributed by atoms with Crippen LogP contribution in [0.15, 0.2) is 61.1 Å². The van der Waals surface area contributed by atoms with E-state index in [2.05, 4.69) is 20.5 Å². The quantitative estimate of drug-likeness (QED) is 0.494. The van der Waals surface area contributed by atoms with Gasteiger partial charge >= 0.3 is 0 Å². The molecule has 2 aromatic heterocycles. The molecule has 0 radical (unpaired) electrons. The van der Waals surface area contributed by atoms with Gasteiger partial charge in [0.25, 0.3) is 5.91 Å². The minimum Gasteiger partial charge on any atom is -0.471 e. The number of benzene rings is 2. The number of nitrogens with one attached hydrogen (secondary N) is 1. The first-order chi connectivity index (χ1) is 15.0. The van der Waals surface area contributed by atoms with E-state index in [1.165, 1.54) is 23.1 Å². The Morgan fingerprint density at radius 2 is 1.87 bits per heavy atom. The van der Waals surface area contributed by atoms with Crippen LogP contribution in [0.2, 0.25) is 0 Å². The molecular formula is C22H21FN6O2. The van der Waals surface area contributed by atoms with E-state index in [1.807, 2.05) is 32.0 Å². The van der Waals surface area contributed by atoms with Crippen molar-refractivity contribution in [1.82, 2.24) is 24.5 Å². The van der Waals surface area contributed by atoms with Crippen molar-refractivity contribution in [2.24, 2.45) is 0 Å². The van der Waals surface area contributed by atoms with Crippen LogP contribution in [0.1, 0.15) is 27.2 Å². The molecule has 0 unspecified atom stereocenters. The lowest BCUT2D eigenvalue weighted by Crippen LogP contribution is -2.15. The van der Waals surface area contributed by atoms with Gasteiger partial charge in [-0.1, -0.05) is 29.8 Å². The molecule has 0 atom stereocenters. The number of ether oxygens (including phenoxy) is 1. The highest BCUT2D eigenvalue weighted by Crippen LogP contribution is 2.19. The molecule has 4 rings (SSSR count). The van der Waals surface area contributed by atoms with E-state index in [4.69, 9.17) is 4.74 Å². The Morgan fingerprint density at radius 3 is 2.65 bits per heavy atom. The number of nitrogens with zero attached hydrogens (tertiary/aromatic N) is 5. The molecule has 0 aliphatic heterocycles. The lowest BCUT2D eigenvalue weighted by atomic mass is 10.1. The van der Waals surface area contributed by atoms with Gasteiger partial charge in [0.05, 0.1) is 6.54 Å². The standard InChI is InChI=1S/C22H21FN6O2/c1-15-3-8-20(16(2)11-15)31-14-28-10-9-19(26-28)21(30)25-22-24-13-29(27-22)12-17-4-6-18(23)7-5-17/h3-11,13H,12,14H2,1-2H3,(H,25,27,30). The molecule has 2 aromatic carbocycles. The van der Waals surface area contributed by atoms with Crippen molar-refractivity contribution in [2.75, 3.05) is 5.32 Å². The zero-order chi connectivity index (χ0) is 21.8. The van der Waals surface area contributed by atoms with E-state index < -0.39 is 5.91 Å². The molecular weight excluding hydrogens is 399 g/mol. The molecule has 8 nitrogen and oxygen atoms in total. The Bertz CT molecular complexity index is 1200. The van der Waals surface area contributed by atoms with Crippen molar-refractivity contribution < 1.29 is 13.9 Å².